The van der Waals surface area contributed by atoms with Gasteiger partial charge in [0.05, 0.1) is 0 Å². The Morgan fingerprint density at radius 1 is 1.19 bits per heavy atom. The number of carbonyl (C=O) groups is 1. The predicted octanol–water partition coefficient (Wildman–Crippen LogP) is 3.15. The van der Waals surface area contributed by atoms with Crippen LogP contribution in [0.25, 0.3) is 0 Å². The zero-order chi connectivity index (χ0) is 17.4. The number of hydrogen-bond acceptors (Lipinski definition) is 3. The number of hydrogen-bond donors (Lipinski definition) is 1. The Kier molecular flexibility index (Phi) is 5.72. The van der Waals surface area contributed by atoms with Crippen molar-refractivity contribution in [2.75, 3.05) is 26.2 Å². The second-order valence-electron chi connectivity index (χ2n) is 7.59. The third-order valence-corrected chi connectivity index (χ3v) is 6.03. The minimum Gasteiger partial charge on any atom is -0.487 e. The van der Waals surface area contributed by atoms with Gasteiger partial charge in [-0.2, -0.15) is 0 Å². The molecule has 0 radical (unpaired) electrons. The monoisotopic (exact) mass is 386 g/mol. The van der Waals surface area contributed by atoms with Gasteiger partial charge in [0.25, 0.3) is 0 Å². The molecule has 1 N–H and O–H groups in total. The lowest BCUT2D eigenvalue weighted by Crippen LogP contribution is -2.43. The number of halogens is 3. The summed E-state index contributed by atoms with van der Waals surface area (Å²) < 4.78 is 32.3. The molecule has 7 heteroatoms. The molecule has 26 heavy (non-hydrogen) atoms. The summed E-state index contributed by atoms with van der Waals surface area (Å²) in [6.07, 6.45) is 4.48. The van der Waals surface area contributed by atoms with Gasteiger partial charge in [-0.1, -0.05) is 0 Å². The molecule has 1 aromatic carbocycles. The van der Waals surface area contributed by atoms with Crippen molar-refractivity contribution in [2.24, 2.45) is 11.3 Å². The molecule has 0 bridgehead atoms. The molecule has 3 fully saturated rings. The molecule has 2 heterocycles. The van der Waals surface area contributed by atoms with Gasteiger partial charge in [-0.3, -0.25) is 4.79 Å². The molecule has 2 saturated heterocycles. The Morgan fingerprint density at radius 2 is 1.88 bits per heavy atom. The molecule has 1 aliphatic carbocycles. The van der Waals surface area contributed by atoms with E-state index in [2.05, 4.69) is 5.32 Å². The van der Waals surface area contributed by atoms with E-state index >= 15 is 0 Å². The second-order valence-corrected chi connectivity index (χ2v) is 7.59. The lowest BCUT2D eigenvalue weighted by molar-refractivity contribution is -0.135. The van der Waals surface area contributed by atoms with Crippen molar-refractivity contribution in [2.45, 2.75) is 38.2 Å². The van der Waals surface area contributed by atoms with Crippen LogP contribution in [-0.4, -0.2) is 43.1 Å². The summed E-state index contributed by atoms with van der Waals surface area (Å²) >= 11 is 0. The molecule has 2 aliphatic heterocycles. The highest BCUT2D eigenvalue weighted by Gasteiger charge is 2.58. The summed E-state index contributed by atoms with van der Waals surface area (Å²) in [4.78, 5) is 14.7. The topological polar surface area (TPSA) is 41.6 Å². The fourth-order valence-corrected chi connectivity index (χ4v) is 4.34. The fourth-order valence-electron chi connectivity index (χ4n) is 4.34. The van der Waals surface area contributed by atoms with Crippen LogP contribution in [0, 0.1) is 23.0 Å². The van der Waals surface area contributed by atoms with Crippen molar-refractivity contribution in [3.05, 3.63) is 29.8 Å². The number of carbonyl (C=O) groups excluding carboxylic acids is 1. The molecule has 3 aliphatic rings. The number of nitrogens with one attached hydrogen (secondary N) is 1. The first-order valence-corrected chi connectivity index (χ1v) is 9.19. The van der Waals surface area contributed by atoms with Gasteiger partial charge in [0.2, 0.25) is 5.91 Å². The number of nitrogens with zero attached hydrogens (tertiary/aromatic N) is 1. The Balaban J connectivity index is 0.00000196. The van der Waals surface area contributed by atoms with Crippen molar-refractivity contribution in [3.8, 4) is 5.75 Å². The molecule has 1 spiro atoms. The van der Waals surface area contributed by atoms with E-state index in [1.54, 1.807) is 0 Å². The van der Waals surface area contributed by atoms with Crippen LogP contribution in [0.4, 0.5) is 8.78 Å². The van der Waals surface area contributed by atoms with Crippen LogP contribution in [0.5, 0.6) is 5.75 Å². The van der Waals surface area contributed by atoms with Gasteiger partial charge >= 0.3 is 0 Å². The molecule has 1 amide bonds. The van der Waals surface area contributed by atoms with Gasteiger partial charge in [-0.05, 0) is 49.9 Å². The van der Waals surface area contributed by atoms with E-state index in [0.717, 1.165) is 38.4 Å². The summed E-state index contributed by atoms with van der Waals surface area (Å²) in [5.74, 6) is -0.720. The smallest absolute Gasteiger partial charge is 0.226 e. The normalized spacial score (nSPS) is 24.8. The molecule has 1 atom stereocenters. The van der Waals surface area contributed by atoms with Crippen molar-refractivity contribution in [1.29, 1.82) is 0 Å². The molecular formula is C19H25ClF2N2O2. The standard InChI is InChI=1S/C19H24F2N2O2.ClH/c20-13-1-2-17(16(21)11-13)25-14-3-9-23(10-4-14)18(24)15-12-19(15)5-7-22-8-6-19;/h1-2,11,14-15,22H,3-10,12H2;1H. The number of ether oxygens (including phenoxy) is 1. The first kappa shape index (κ1) is 19.4. The van der Waals surface area contributed by atoms with Crippen molar-refractivity contribution in [1.82, 2.24) is 10.2 Å². The van der Waals surface area contributed by atoms with Gasteiger partial charge < -0.3 is 15.0 Å². The van der Waals surface area contributed by atoms with Gasteiger partial charge in [0.15, 0.2) is 11.6 Å². The summed E-state index contributed by atoms with van der Waals surface area (Å²) in [5.41, 5.74) is 0.257. The zero-order valence-electron chi connectivity index (χ0n) is 14.7. The van der Waals surface area contributed by atoms with E-state index in [0.29, 0.717) is 25.9 Å². The van der Waals surface area contributed by atoms with Crippen LogP contribution in [0.2, 0.25) is 0 Å². The molecule has 1 unspecified atom stereocenters. The van der Waals surface area contributed by atoms with E-state index in [9.17, 15) is 13.6 Å². The number of likely N-dealkylation sites (tertiary alicyclic amines) is 1. The van der Waals surface area contributed by atoms with Gasteiger partial charge in [0.1, 0.15) is 11.9 Å². The van der Waals surface area contributed by atoms with Crippen molar-refractivity contribution < 1.29 is 18.3 Å². The Hall–Kier alpha value is -1.40. The predicted molar refractivity (Wildman–Crippen MR) is 96.5 cm³/mol. The van der Waals surface area contributed by atoms with Crippen LogP contribution >= 0.6 is 12.4 Å². The average Bonchev–Trinajstić information content (AvgIpc) is 3.31. The lowest BCUT2D eigenvalue weighted by Gasteiger charge is -2.33. The first-order chi connectivity index (χ1) is 12.1. The van der Waals surface area contributed by atoms with E-state index in [1.807, 2.05) is 4.90 Å². The number of benzene rings is 1. The maximum absolute atomic E-state index is 13.7. The molecule has 1 aromatic rings. The second kappa shape index (κ2) is 7.69. The molecule has 0 aromatic heterocycles. The highest BCUT2D eigenvalue weighted by atomic mass is 35.5. The average molecular weight is 387 g/mol. The summed E-state index contributed by atoms with van der Waals surface area (Å²) in [6, 6.07) is 3.36. The zero-order valence-corrected chi connectivity index (χ0v) is 15.5. The van der Waals surface area contributed by atoms with E-state index < -0.39 is 11.6 Å². The SMILES string of the molecule is Cl.O=C(C1CC12CCNCC2)N1CCC(Oc2ccc(F)cc2F)CC1. The number of rotatable bonds is 3. The number of amides is 1. The maximum Gasteiger partial charge on any atom is 0.226 e. The van der Waals surface area contributed by atoms with Gasteiger partial charge in [-0.15, -0.1) is 12.4 Å². The third-order valence-electron chi connectivity index (χ3n) is 6.03. The van der Waals surface area contributed by atoms with Crippen molar-refractivity contribution in [3.63, 3.8) is 0 Å². The largest absolute Gasteiger partial charge is 0.487 e. The molecular weight excluding hydrogens is 362 g/mol. The van der Waals surface area contributed by atoms with Crippen LogP contribution < -0.4 is 10.1 Å². The van der Waals surface area contributed by atoms with E-state index in [-0.39, 0.29) is 41.5 Å². The minimum absolute atomic E-state index is 0. The molecule has 4 nitrogen and oxygen atoms in total. The Labute approximate surface area is 158 Å². The Bertz CT molecular complexity index is 659. The number of piperidine rings is 2. The highest BCUT2D eigenvalue weighted by Crippen LogP contribution is 2.59. The quantitative estimate of drug-likeness (QED) is 0.867. The van der Waals surface area contributed by atoms with Crippen LogP contribution in [-0.2, 0) is 4.79 Å². The van der Waals surface area contributed by atoms with Gasteiger partial charge in [0, 0.05) is 37.9 Å². The van der Waals surface area contributed by atoms with E-state index in [1.165, 1.54) is 12.1 Å². The Morgan fingerprint density at radius 3 is 2.54 bits per heavy atom. The molecule has 4 rings (SSSR count). The van der Waals surface area contributed by atoms with Crippen LogP contribution in [0.15, 0.2) is 18.2 Å². The molecule has 144 valence electrons. The van der Waals surface area contributed by atoms with Crippen LogP contribution in [0.1, 0.15) is 32.1 Å². The first-order valence-electron chi connectivity index (χ1n) is 9.19. The summed E-state index contributed by atoms with van der Waals surface area (Å²) in [5, 5.41) is 3.36. The maximum atomic E-state index is 13.7. The van der Waals surface area contributed by atoms with Crippen LogP contribution in [0.3, 0.4) is 0 Å². The minimum atomic E-state index is -0.677. The van der Waals surface area contributed by atoms with E-state index in [4.69, 9.17) is 4.74 Å². The lowest BCUT2D eigenvalue weighted by atomic mass is 9.91. The summed E-state index contributed by atoms with van der Waals surface area (Å²) in [7, 11) is 0. The highest BCUT2D eigenvalue weighted by molar-refractivity contribution is 5.85. The van der Waals surface area contributed by atoms with Gasteiger partial charge in [-0.25, -0.2) is 8.78 Å². The fraction of sp³-hybridized carbons (Fsp3) is 0.632. The molecule has 1 saturated carbocycles. The summed E-state index contributed by atoms with van der Waals surface area (Å²) in [6.45, 7) is 3.33. The third kappa shape index (κ3) is 3.81. The van der Waals surface area contributed by atoms with Crippen molar-refractivity contribution >= 4 is 18.3 Å².